The molecule has 1 heterocycles. The van der Waals surface area contributed by atoms with E-state index >= 15 is 0 Å². The van der Waals surface area contributed by atoms with Crippen LogP contribution in [0.4, 0.5) is 0 Å². The molecule has 2 unspecified atom stereocenters. The molecular formula is C16H24N2O. The van der Waals surface area contributed by atoms with Crippen LogP contribution in [-0.2, 0) is 4.79 Å². The van der Waals surface area contributed by atoms with E-state index in [9.17, 15) is 4.79 Å². The lowest BCUT2D eigenvalue weighted by Gasteiger charge is -2.21. The minimum atomic E-state index is -0.0410. The molecule has 104 valence electrons. The smallest absolute Gasteiger partial charge is 0.224 e. The fourth-order valence-corrected chi connectivity index (χ4v) is 2.81. The predicted molar refractivity (Wildman–Crippen MR) is 77.9 cm³/mol. The Kier molecular flexibility index (Phi) is 4.97. The summed E-state index contributed by atoms with van der Waals surface area (Å²) in [7, 11) is 0. The maximum atomic E-state index is 12.1. The van der Waals surface area contributed by atoms with Crippen LogP contribution in [-0.4, -0.2) is 29.9 Å². The Morgan fingerprint density at radius 2 is 2.05 bits per heavy atom. The van der Waals surface area contributed by atoms with E-state index in [2.05, 4.69) is 30.3 Å². The Morgan fingerprint density at radius 3 is 2.74 bits per heavy atom. The van der Waals surface area contributed by atoms with Gasteiger partial charge in [0, 0.05) is 25.6 Å². The number of hydrogen-bond donors (Lipinski definition) is 1. The van der Waals surface area contributed by atoms with Crippen molar-refractivity contribution in [3.63, 3.8) is 0 Å². The minimum Gasteiger partial charge on any atom is -0.343 e. The normalized spacial score (nSPS) is 21.8. The van der Waals surface area contributed by atoms with Gasteiger partial charge in [0.1, 0.15) is 0 Å². The van der Waals surface area contributed by atoms with E-state index in [0.29, 0.717) is 12.3 Å². The third-order valence-electron chi connectivity index (χ3n) is 3.85. The molecule has 2 atom stereocenters. The number of hydrogen-bond acceptors (Lipinski definition) is 2. The number of likely N-dealkylation sites (tertiary alicyclic amines) is 1. The van der Waals surface area contributed by atoms with Gasteiger partial charge in [0.2, 0.25) is 5.91 Å². The molecule has 0 spiro atoms. The molecule has 0 bridgehead atoms. The molecule has 0 aliphatic carbocycles. The largest absolute Gasteiger partial charge is 0.343 e. The lowest BCUT2D eigenvalue weighted by atomic mass is 9.92. The summed E-state index contributed by atoms with van der Waals surface area (Å²) >= 11 is 0. The molecule has 1 saturated heterocycles. The first-order valence-corrected chi connectivity index (χ1v) is 7.25. The van der Waals surface area contributed by atoms with Crippen LogP contribution in [0.1, 0.15) is 44.1 Å². The molecule has 1 fully saturated rings. The van der Waals surface area contributed by atoms with Crippen LogP contribution >= 0.6 is 0 Å². The van der Waals surface area contributed by atoms with Crippen LogP contribution in [0, 0.1) is 0 Å². The highest BCUT2D eigenvalue weighted by Gasteiger charge is 2.21. The fraction of sp³-hybridized carbons (Fsp3) is 0.562. The van der Waals surface area contributed by atoms with Gasteiger partial charge in [-0.05, 0) is 37.7 Å². The standard InChI is InChI=1S/C16H24N2O/c1-13(17)12-16(19)18-10-5-8-15(9-11-18)14-6-3-2-4-7-14/h2-4,6-7,13,15H,5,8-12,17H2,1H3. The molecule has 1 aliphatic rings. The van der Waals surface area contributed by atoms with Crippen molar-refractivity contribution >= 4 is 5.91 Å². The summed E-state index contributed by atoms with van der Waals surface area (Å²) < 4.78 is 0. The lowest BCUT2D eigenvalue weighted by Crippen LogP contribution is -2.35. The van der Waals surface area contributed by atoms with Gasteiger partial charge in [-0.2, -0.15) is 0 Å². The molecule has 0 radical (unpaired) electrons. The van der Waals surface area contributed by atoms with Gasteiger partial charge in [0.05, 0.1) is 0 Å². The summed E-state index contributed by atoms with van der Waals surface area (Å²) in [5.41, 5.74) is 7.12. The number of amides is 1. The Balaban J connectivity index is 1.93. The van der Waals surface area contributed by atoms with Gasteiger partial charge in [-0.25, -0.2) is 0 Å². The molecule has 1 aromatic carbocycles. The quantitative estimate of drug-likeness (QED) is 0.907. The van der Waals surface area contributed by atoms with E-state index < -0.39 is 0 Å². The summed E-state index contributed by atoms with van der Waals surface area (Å²) in [4.78, 5) is 14.0. The summed E-state index contributed by atoms with van der Waals surface area (Å²) in [5, 5.41) is 0. The predicted octanol–water partition coefficient (Wildman–Crippen LogP) is 2.52. The van der Waals surface area contributed by atoms with Crippen molar-refractivity contribution in [3.05, 3.63) is 35.9 Å². The highest BCUT2D eigenvalue weighted by Crippen LogP contribution is 2.27. The third kappa shape index (κ3) is 4.06. The molecule has 19 heavy (non-hydrogen) atoms. The zero-order valence-corrected chi connectivity index (χ0v) is 11.7. The van der Waals surface area contributed by atoms with Crippen LogP contribution in [0.25, 0.3) is 0 Å². The number of carbonyl (C=O) groups excluding carboxylic acids is 1. The van der Waals surface area contributed by atoms with Gasteiger partial charge in [-0.3, -0.25) is 4.79 Å². The molecule has 1 aromatic rings. The van der Waals surface area contributed by atoms with Gasteiger partial charge in [0.15, 0.2) is 0 Å². The van der Waals surface area contributed by atoms with Crippen molar-refractivity contribution in [3.8, 4) is 0 Å². The van der Waals surface area contributed by atoms with E-state index in [1.165, 1.54) is 12.0 Å². The molecular weight excluding hydrogens is 236 g/mol. The number of nitrogens with two attached hydrogens (primary N) is 1. The van der Waals surface area contributed by atoms with Crippen molar-refractivity contribution in [2.75, 3.05) is 13.1 Å². The average molecular weight is 260 g/mol. The Hall–Kier alpha value is -1.35. The van der Waals surface area contributed by atoms with Gasteiger partial charge in [-0.1, -0.05) is 30.3 Å². The second-order valence-electron chi connectivity index (χ2n) is 5.60. The summed E-state index contributed by atoms with van der Waals surface area (Å²) in [5.74, 6) is 0.804. The number of benzene rings is 1. The van der Waals surface area contributed by atoms with E-state index in [-0.39, 0.29) is 11.9 Å². The lowest BCUT2D eigenvalue weighted by molar-refractivity contribution is -0.131. The van der Waals surface area contributed by atoms with E-state index in [0.717, 1.165) is 25.9 Å². The van der Waals surface area contributed by atoms with E-state index in [1.807, 2.05) is 11.8 Å². The first kappa shape index (κ1) is 14.1. The van der Waals surface area contributed by atoms with Crippen molar-refractivity contribution in [2.24, 2.45) is 5.73 Å². The minimum absolute atomic E-state index is 0.0410. The van der Waals surface area contributed by atoms with Crippen LogP contribution in [0.2, 0.25) is 0 Å². The monoisotopic (exact) mass is 260 g/mol. The fourth-order valence-electron chi connectivity index (χ4n) is 2.81. The molecule has 2 rings (SSSR count). The average Bonchev–Trinajstić information content (AvgIpc) is 2.64. The molecule has 3 heteroatoms. The molecule has 1 aliphatic heterocycles. The number of nitrogens with zero attached hydrogens (tertiary/aromatic N) is 1. The van der Waals surface area contributed by atoms with Crippen molar-refractivity contribution < 1.29 is 4.79 Å². The Labute approximate surface area is 115 Å². The maximum absolute atomic E-state index is 12.1. The van der Waals surface area contributed by atoms with Crippen LogP contribution in [0.5, 0.6) is 0 Å². The molecule has 0 aromatic heterocycles. The van der Waals surface area contributed by atoms with Gasteiger partial charge in [0.25, 0.3) is 0 Å². The van der Waals surface area contributed by atoms with Crippen LogP contribution < -0.4 is 5.73 Å². The topological polar surface area (TPSA) is 46.3 Å². The number of carbonyl (C=O) groups is 1. The Morgan fingerprint density at radius 1 is 1.32 bits per heavy atom. The summed E-state index contributed by atoms with van der Waals surface area (Å²) in [6, 6.07) is 10.6. The van der Waals surface area contributed by atoms with Crippen LogP contribution in [0.15, 0.2) is 30.3 Å². The van der Waals surface area contributed by atoms with Crippen LogP contribution in [0.3, 0.4) is 0 Å². The molecule has 1 amide bonds. The second kappa shape index (κ2) is 6.71. The highest BCUT2D eigenvalue weighted by molar-refractivity contribution is 5.76. The summed E-state index contributed by atoms with van der Waals surface area (Å²) in [6.45, 7) is 3.64. The molecule has 2 N–H and O–H groups in total. The van der Waals surface area contributed by atoms with Crippen molar-refractivity contribution in [1.82, 2.24) is 4.90 Å². The molecule has 0 saturated carbocycles. The van der Waals surface area contributed by atoms with Crippen molar-refractivity contribution in [2.45, 2.75) is 44.6 Å². The zero-order chi connectivity index (χ0) is 13.7. The van der Waals surface area contributed by atoms with E-state index in [4.69, 9.17) is 5.73 Å². The Bertz CT molecular complexity index is 402. The van der Waals surface area contributed by atoms with Crippen molar-refractivity contribution in [1.29, 1.82) is 0 Å². The number of rotatable bonds is 3. The third-order valence-corrected chi connectivity index (χ3v) is 3.85. The second-order valence-corrected chi connectivity index (χ2v) is 5.60. The first-order chi connectivity index (χ1) is 9.16. The van der Waals surface area contributed by atoms with Gasteiger partial charge >= 0.3 is 0 Å². The zero-order valence-electron chi connectivity index (χ0n) is 11.7. The molecule has 3 nitrogen and oxygen atoms in total. The van der Waals surface area contributed by atoms with E-state index in [1.54, 1.807) is 0 Å². The summed E-state index contributed by atoms with van der Waals surface area (Å²) in [6.07, 6.45) is 3.79. The highest BCUT2D eigenvalue weighted by atomic mass is 16.2. The first-order valence-electron chi connectivity index (χ1n) is 7.25. The SMILES string of the molecule is CC(N)CC(=O)N1CCCC(c2ccccc2)CC1. The maximum Gasteiger partial charge on any atom is 0.224 e. The van der Waals surface area contributed by atoms with Gasteiger partial charge < -0.3 is 10.6 Å². The van der Waals surface area contributed by atoms with Gasteiger partial charge in [-0.15, -0.1) is 0 Å².